The summed E-state index contributed by atoms with van der Waals surface area (Å²) in [5.41, 5.74) is 0. The highest BCUT2D eigenvalue weighted by Crippen LogP contribution is 2.31. The molecule has 0 saturated carbocycles. The smallest absolute Gasteiger partial charge is 0.353 e. The number of hydrogen-bond donors (Lipinski definition) is 1. The number of carbonyl (C=O) groups excluding carboxylic acids is 1. The molecule has 0 bridgehead atoms. The SMILES string of the molecule is O=C1CN(CC2CCCS2)C(C(F)(F)F)CN1. The van der Waals surface area contributed by atoms with Gasteiger partial charge in [0.15, 0.2) is 0 Å². The maximum atomic E-state index is 12.8. The number of hydrogen-bond acceptors (Lipinski definition) is 3. The van der Waals surface area contributed by atoms with Crippen LogP contribution in [0, 0.1) is 0 Å². The van der Waals surface area contributed by atoms with Crippen molar-refractivity contribution in [3.05, 3.63) is 0 Å². The average Bonchev–Trinajstić information content (AvgIpc) is 2.68. The Morgan fingerprint density at radius 3 is 2.82 bits per heavy atom. The molecule has 2 fully saturated rings. The van der Waals surface area contributed by atoms with E-state index in [-0.39, 0.29) is 24.2 Å². The van der Waals surface area contributed by atoms with E-state index in [2.05, 4.69) is 5.32 Å². The van der Waals surface area contributed by atoms with Gasteiger partial charge in [0, 0.05) is 18.3 Å². The summed E-state index contributed by atoms with van der Waals surface area (Å²) in [6.07, 6.45) is -2.25. The van der Waals surface area contributed by atoms with Crippen LogP contribution in [0.15, 0.2) is 0 Å². The molecular formula is C10H15F3N2OS. The molecule has 3 nitrogen and oxygen atoms in total. The van der Waals surface area contributed by atoms with E-state index < -0.39 is 12.2 Å². The summed E-state index contributed by atoms with van der Waals surface area (Å²) in [5.74, 6) is 0.704. The van der Waals surface area contributed by atoms with E-state index in [9.17, 15) is 18.0 Å². The van der Waals surface area contributed by atoms with Crippen molar-refractivity contribution in [2.24, 2.45) is 0 Å². The normalized spacial score (nSPS) is 31.6. The van der Waals surface area contributed by atoms with Crippen molar-refractivity contribution in [1.82, 2.24) is 10.2 Å². The Labute approximate surface area is 102 Å². The van der Waals surface area contributed by atoms with Crippen molar-refractivity contribution in [2.45, 2.75) is 30.3 Å². The Balaban J connectivity index is 2.00. The first-order chi connectivity index (χ1) is 7.97. The van der Waals surface area contributed by atoms with Gasteiger partial charge in [0.2, 0.25) is 5.91 Å². The van der Waals surface area contributed by atoms with Gasteiger partial charge in [-0.2, -0.15) is 24.9 Å². The van der Waals surface area contributed by atoms with Crippen LogP contribution in [0.1, 0.15) is 12.8 Å². The quantitative estimate of drug-likeness (QED) is 0.818. The molecule has 0 spiro atoms. The van der Waals surface area contributed by atoms with Gasteiger partial charge in [0.25, 0.3) is 0 Å². The average molecular weight is 268 g/mol. The fourth-order valence-electron chi connectivity index (χ4n) is 2.25. The van der Waals surface area contributed by atoms with Gasteiger partial charge in [-0.05, 0) is 18.6 Å². The third-order valence-electron chi connectivity index (χ3n) is 3.12. The lowest BCUT2D eigenvalue weighted by Gasteiger charge is -2.37. The summed E-state index contributed by atoms with van der Waals surface area (Å²) in [7, 11) is 0. The molecule has 0 aromatic heterocycles. The van der Waals surface area contributed by atoms with Gasteiger partial charge in [-0.3, -0.25) is 9.69 Å². The third kappa shape index (κ3) is 3.28. The molecule has 0 aromatic rings. The molecule has 1 N–H and O–H groups in total. The predicted molar refractivity (Wildman–Crippen MR) is 59.9 cm³/mol. The molecule has 7 heteroatoms. The number of alkyl halides is 3. The molecule has 0 aliphatic carbocycles. The summed E-state index contributed by atoms with van der Waals surface area (Å²) in [6.45, 7) is -0.0940. The van der Waals surface area contributed by atoms with Gasteiger partial charge in [0.05, 0.1) is 6.54 Å². The Morgan fingerprint density at radius 2 is 2.24 bits per heavy atom. The number of thioether (sulfide) groups is 1. The summed E-state index contributed by atoms with van der Waals surface area (Å²) in [4.78, 5) is 12.5. The molecule has 1 amide bonds. The largest absolute Gasteiger partial charge is 0.405 e. The minimum Gasteiger partial charge on any atom is -0.353 e. The standard InChI is InChI=1S/C10H15F3N2OS/c11-10(12,13)8-4-14-9(16)6-15(8)5-7-2-1-3-17-7/h7-8H,1-6H2,(H,14,16). The molecule has 2 rings (SSSR count). The van der Waals surface area contributed by atoms with Crippen molar-refractivity contribution in [2.75, 3.05) is 25.4 Å². The van der Waals surface area contributed by atoms with Crippen LogP contribution in [0.4, 0.5) is 13.2 Å². The highest BCUT2D eigenvalue weighted by atomic mass is 32.2. The molecule has 0 aromatic carbocycles. The van der Waals surface area contributed by atoms with Crippen molar-refractivity contribution >= 4 is 17.7 Å². The number of amides is 1. The van der Waals surface area contributed by atoms with Crippen LogP contribution in [-0.4, -0.2) is 53.7 Å². The number of piperazine rings is 1. The van der Waals surface area contributed by atoms with Gasteiger partial charge in [-0.1, -0.05) is 0 Å². The number of rotatable bonds is 2. The highest BCUT2D eigenvalue weighted by molar-refractivity contribution is 8.00. The molecule has 2 atom stereocenters. The fraction of sp³-hybridized carbons (Fsp3) is 0.900. The molecule has 0 radical (unpaired) electrons. The summed E-state index contributed by atoms with van der Waals surface area (Å²) in [6, 6.07) is -1.53. The molecule has 17 heavy (non-hydrogen) atoms. The molecule has 2 aliphatic rings. The monoisotopic (exact) mass is 268 g/mol. The molecule has 2 unspecified atom stereocenters. The van der Waals surface area contributed by atoms with Gasteiger partial charge in [0.1, 0.15) is 6.04 Å². The van der Waals surface area contributed by atoms with Crippen molar-refractivity contribution < 1.29 is 18.0 Å². The Morgan fingerprint density at radius 1 is 1.47 bits per heavy atom. The summed E-state index contributed by atoms with van der Waals surface area (Å²) >= 11 is 1.71. The van der Waals surface area contributed by atoms with Crippen LogP contribution in [0.25, 0.3) is 0 Å². The molecular weight excluding hydrogens is 253 g/mol. The topological polar surface area (TPSA) is 32.3 Å². The Kier molecular flexibility index (Phi) is 3.87. The fourth-order valence-corrected chi connectivity index (χ4v) is 3.55. The maximum absolute atomic E-state index is 12.8. The first-order valence-electron chi connectivity index (χ1n) is 5.66. The van der Waals surface area contributed by atoms with Crippen LogP contribution in [0.5, 0.6) is 0 Å². The lowest BCUT2D eigenvalue weighted by molar-refractivity contribution is -0.188. The predicted octanol–water partition coefficient (Wildman–Crippen LogP) is 1.24. The summed E-state index contributed by atoms with van der Waals surface area (Å²) in [5, 5.41) is 2.53. The van der Waals surface area contributed by atoms with Crippen LogP contribution < -0.4 is 5.32 Å². The number of nitrogens with one attached hydrogen (secondary N) is 1. The zero-order valence-corrected chi connectivity index (χ0v) is 10.1. The lowest BCUT2D eigenvalue weighted by Crippen LogP contribution is -2.60. The molecule has 2 saturated heterocycles. The van der Waals surface area contributed by atoms with Gasteiger partial charge >= 0.3 is 6.18 Å². The van der Waals surface area contributed by atoms with Crippen molar-refractivity contribution in [3.8, 4) is 0 Å². The highest BCUT2D eigenvalue weighted by Gasteiger charge is 2.46. The Bertz CT molecular complexity index is 292. The van der Waals surface area contributed by atoms with E-state index in [0.717, 1.165) is 18.6 Å². The van der Waals surface area contributed by atoms with E-state index in [1.807, 2.05) is 0 Å². The molecule has 98 valence electrons. The zero-order valence-electron chi connectivity index (χ0n) is 9.29. The van der Waals surface area contributed by atoms with E-state index in [0.29, 0.717) is 6.54 Å². The van der Waals surface area contributed by atoms with Gasteiger partial charge in [-0.15, -0.1) is 0 Å². The van der Waals surface area contributed by atoms with Gasteiger partial charge < -0.3 is 5.32 Å². The first-order valence-corrected chi connectivity index (χ1v) is 6.71. The second-order valence-corrected chi connectivity index (χ2v) is 5.83. The van der Waals surface area contributed by atoms with Crippen molar-refractivity contribution in [3.63, 3.8) is 0 Å². The molecule has 2 heterocycles. The number of carbonyl (C=O) groups is 1. The Hall–Kier alpha value is -0.430. The molecule has 2 aliphatic heterocycles. The maximum Gasteiger partial charge on any atom is 0.405 e. The first kappa shape index (κ1) is 13.0. The van der Waals surface area contributed by atoms with Crippen LogP contribution >= 0.6 is 11.8 Å². The van der Waals surface area contributed by atoms with E-state index >= 15 is 0 Å². The summed E-state index contributed by atoms with van der Waals surface area (Å²) < 4.78 is 38.4. The van der Waals surface area contributed by atoms with E-state index in [4.69, 9.17) is 0 Å². The number of nitrogens with zero attached hydrogens (tertiary/aromatic N) is 1. The van der Waals surface area contributed by atoms with Crippen LogP contribution in [0.2, 0.25) is 0 Å². The van der Waals surface area contributed by atoms with E-state index in [1.54, 1.807) is 11.8 Å². The second-order valence-electron chi connectivity index (χ2n) is 4.43. The van der Waals surface area contributed by atoms with Crippen molar-refractivity contribution in [1.29, 1.82) is 0 Å². The second kappa shape index (κ2) is 5.06. The van der Waals surface area contributed by atoms with Crippen LogP contribution in [0.3, 0.4) is 0 Å². The van der Waals surface area contributed by atoms with Gasteiger partial charge in [-0.25, -0.2) is 0 Å². The minimum absolute atomic E-state index is 0.138. The zero-order chi connectivity index (χ0) is 12.5. The van der Waals surface area contributed by atoms with E-state index in [1.165, 1.54) is 4.90 Å². The lowest BCUT2D eigenvalue weighted by atomic mass is 10.1. The third-order valence-corrected chi connectivity index (χ3v) is 4.50. The number of halogens is 3. The minimum atomic E-state index is -4.27. The van der Waals surface area contributed by atoms with Crippen LogP contribution in [-0.2, 0) is 4.79 Å².